The Balaban J connectivity index is 1.55. The number of nitrogens with zero attached hydrogens (tertiary/aromatic N) is 1. The van der Waals surface area contributed by atoms with Gasteiger partial charge in [0, 0.05) is 31.8 Å². The Morgan fingerprint density at radius 1 is 1.17 bits per heavy atom. The third kappa shape index (κ3) is 4.41. The van der Waals surface area contributed by atoms with Gasteiger partial charge in [-0.15, -0.1) is 0 Å². The van der Waals surface area contributed by atoms with E-state index in [1.807, 2.05) is 18.2 Å². The summed E-state index contributed by atoms with van der Waals surface area (Å²) in [6.45, 7) is 2.30. The number of rotatable bonds is 4. The quantitative estimate of drug-likeness (QED) is 0.508. The van der Waals surface area contributed by atoms with Crippen LogP contribution in [0.3, 0.4) is 0 Å². The average Bonchev–Trinajstić information content (AvgIpc) is 2.98. The molecule has 0 saturated carbocycles. The maximum atomic E-state index is 5.72. The van der Waals surface area contributed by atoms with E-state index in [4.69, 9.17) is 9.47 Å². The van der Waals surface area contributed by atoms with Crippen molar-refractivity contribution in [2.75, 3.05) is 32.1 Å². The first-order chi connectivity index (χ1) is 11.3. The molecule has 124 valence electrons. The van der Waals surface area contributed by atoms with E-state index in [1.165, 1.54) is 19.3 Å². The van der Waals surface area contributed by atoms with E-state index >= 15 is 0 Å². The number of benzene rings is 1. The fourth-order valence-corrected chi connectivity index (χ4v) is 2.86. The summed E-state index contributed by atoms with van der Waals surface area (Å²) in [4.78, 5) is 4.28. The van der Waals surface area contributed by atoms with Crippen molar-refractivity contribution in [3.05, 3.63) is 29.8 Å². The highest BCUT2D eigenvalue weighted by molar-refractivity contribution is 5.93. The van der Waals surface area contributed by atoms with E-state index in [1.54, 1.807) is 12.6 Å². The molecule has 0 fully saturated rings. The Hall–Kier alpha value is -2.17. The molecule has 0 atom stereocenters. The van der Waals surface area contributed by atoms with E-state index in [2.05, 4.69) is 21.7 Å². The van der Waals surface area contributed by atoms with Crippen molar-refractivity contribution in [3.63, 3.8) is 0 Å². The van der Waals surface area contributed by atoms with Crippen molar-refractivity contribution in [1.82, 2.24) is 5.32 Å². The number of allylic oxidation sites excluding steroid dienone is 1. The Morgan fingerprint density at radius 3 is 2.83 bits per heavy atom. The van der Waals surface area contributed by atoms with Gasteiger partial charge in [-0.3, -0.25) is 4.99 Å². The SMILES string of the molecule is CN=C(NCCC1=CCCC1)Nc1ccc2c(c1)OCCCO2. The van der Waals surface area contributed by atoms with Crippen LogP contribution in [-0.4, -0.2) is 32.8 Å². The second kappa shape index (κ2) is 7.90. The number of hydrogen-bond donors (Lipinski definition) is 2. The molecule has 1 aliphatic carbocycles. The Bertz CT molecular complexity index is 596. The first-order valence-electron chi connectivity index (χ1n) is 8.40. The minimum absolute atomic E-state index is 0.693. The lowest BCUT2D eigenvalue weighted by atomic mass is 10.2. The lowest BCUT2D eigenvalue weighted by Gasteiger charge is -2.14. The zero-order chi connectivity index (χ0) is 15.9. The summed E-state index contributed by atoms with van der Waals surface area (Å²) in [5.74, 6) is 2.38. The number of hydrogen-bond acceptors (Lipinski definition) is 3. The molecule has 0 saturated heterocycles. The smallest absolute Gasteiger partial charge is 0.195 e. The van der Waals surface area contributed by atoms with Crippen LogP contribution in [-0.2, 0) is 0 Å². The number of fused-ring (bicyclic) bond motifs is 1. The number of nitrogens with one attached hydrogen (secondary N) is 2. The molecule has 1 aromatic rings. The molecule has 2 N–H and O–H groups in total. The van der Waals surface area contributed by atoms with Crippen molar-refractivity contribution in [2.24, 2.45) is 4.99 Å². The molecule has 0 aromatic heterocycles. The van der Waals surface area contributed by atoms with Crippen LogP contribution in [0.4, 0.5) is 5.69 Å². The minimum atomic E-state index is 0.693. The van der Waals surface area contributed by atoms with Gasteiger partial charge in [-0.25, -0.2) is 0 Å². The molecule has 0 spiro atoms. The lowest BCUT2D eigenvalue weighted by molar-refractivity contribution is 0.297. The van der Waals surface area contributed by atoms with Crippen LogP contribution >= 0.6 is 0 Å². The third-order valence-corrected chi connectivity index (χ3v) is 4.11. The molecule has 0 bridgehead atoms. The maximum absolute atomic E-state index is 5.72. The van der Waals surface area contributed by atoms with E-state index < -0.39 is 0 Å². The molecule has 0 radical (unpaired) electrons. The summed E-state index contributed by atoms with van der Waals surface area (Å²) in [5.41, 5.74) is 2.51. The number of ether oxygens (including phenoxy) is 2. The molecule has 23 heavy (non-hydrogen) atoms. The van der Waals surface area contributed by atoms with Gasteiger partial charge in [0.15, 0.2) is 17.5 Å². The first-order valence-corrected chi connectivity index (χ1v) is 8.40. The summed E-state index contributed by atoms with van der Waals surface area (Å²) in [7, 11) is 1.78. The standard InChI is InChI=1S/C18H25N3O2/c1-19-18(20-10-9-14-5-2-3-6-14)21-15-7-8-16-17(13-15)23-12-4-11-22-16/h5,7-8,13H,2-4,6,9-12H2,1H3,(H2,19,20,21). The molecule has 5 heteroatoms. The molecular weight excluding hydrogens is 290 g/mol. The van der Waals surface area contributed by atoms with Gasteiger partial charge < -0.3 is 20.1 Å². The third-order valence-electron chi connectivity index (χ3n) is 4.11. The molecule has 1 heterocycles. The van der Waals surface area contributed by atoms with Gasteiger partial charge in [0.05, 0.1) is 13.2 Å². The maximum Gasteiger partial charge on any atom is 0.195 e. The fraction of sp³-hybridized carbons (Fsp3) is 0.500. The van der Waals surface area contributed by atoms with Gasteiger partial charge in [0.25, 0.3) is 0 Å². The topological polar surface area (TPSA) is 54.9 Å². The van der Waals surface area contributed by atoms with Crippen LogP contribution in [0, 0.1) is 0 Å². The van der Waals surface area contributed by atoms with Crippen LogP contribution in [0.1, 0.15) is 32.1 Å². The van der Waals surface area contributed by atoms with Crippen LogP contribution in [0.5, 0.6) is 11.5 Å². The molecule has 0 amide bonds. The number of anilines is 1. The Kier molecular flexibility index (Phi) is 5.40. The minimum Gasteiger partial charge on any atom is -0.490 e. The van der Waals surface area contributed by atoms with Crippen molar-refractivity contribution < 1.29 is 9.47 Å². The predicted molar refractivity (Wildman–Crippen MR) is 93.6 cm³/mol. The van der Waals surface area contributed by atoms with Crippen LogP contribution < -0.4 is 20.1 Å². The highest BCUT2D eigenvalue weighted by atomic mass is 16.5. The van der Waals surface area contributed by atoms with Crippen LogP contribution in [0.15, 0.2) is 34.8 Å². The van der Waals surface area contributed by atoms with Crippen LogP contribution in [0.2, 0.25) is 0 Å². The molecule has 0 unspecified atom stereocenters. The van der Waals surface area contributed by atoms with Gasteiger partial charge in [0.2, 0.25) is 0 Å². The summed E-state index contributed by atoms with van der Waals surface area (Å²) >= 11 is 0. The normalized spacial score (nSPS) is 17.4. The largest absolute Gasteiger partial charge is 0.490 e. The Labute approximate surface area is 137 Å². The molecule has 2 aliphatic rings. The van der Waals surface area contributed by atoms with E-state index in [0.29, 0.717) is 13.2 Å². The number of guanidine groups is 1. The van der Waals surface area contributed by atoms with Crippen molar-refractivity contribution in [2.45, 2.75) is 32.1 Å². The van der Waals surface area contributed by atoms with E-state index in [9.17, 15) is 0 Å². The second-order valence-electron chi connectivity index (χ2n) is 5.84. The second-order valence-corrected chi connectivity index (χ2v) is 5.84. The molecule has 1 aromatic carbocycles. The highest BCUT2D eigenvalue weighted by Crippen LogP contribution is 2.32. The van der Waals surface area contributed by atoms with Crippen molar-refractivity contribution in [3.8, 4) is 11.5 Å². The van der Waals surface area contributed by atoms with E-state index in [0.717, 1.165) is 42.5 Å². The predicted octanol–water partition coefficient (Wildman–Crippen LogP) is 3.34. The van der Waals surface area contributed by atoms with Gasteiger partial charge in [-0.1, -0.05) is 11.6 Å². The fourth-order valence-electron chi connectivity index (χ4n) is 2.86. The zero-order valence-electron chi connectivity index (χ0n) is 13.7. The summed E-state index contributed by atoms with van der Waals surface area (Å²) in [6.07, 6.45) is 8.15. The average molecular weight is 315 g/mol. The summed E-state index contributed by atoms with van der Waals surface area (Å²) in [6, 6.07) is 5.90. The van der Waals surface area contributed by atoms with E-state index in [-0.39, 0.29) is 0 Å². The molecule has 5 nitrogen and oxygen atoms in total. The molecule has 3 rings (SSSR count). The monoisotopic (exact) mass is 315 g/mol. The van der Waals surface area contributed by atoms with Gasteiger partial charge in [-0.05, 0) is 37.8 Å². The van der Waals surface area contributed by atoms with Gasteiger partial charge >= 0.3 is 0 Å². The van der Waals surface area contributed by atoms with Crippen LogP contribution in [0.25, 0.3) is 0 Å². The highest BCUT2D eigenvalue weighted by Gasteiger charge is 2.11. The van der Waals surface area contributed by atoms with Crippen molar-refractivity contribution >= 4 is 11.6 Å². The number of aliphatic imine (C=N–C) groups is 1. The first kappa shape index (κ1) is 15.7. The molecular formula is C18H25N3O2. The summed E-state index contributed by atoms with van der Waals surface area (Å²) in [5, 5.41) is 6.67. The van der Waals surface area contributed by atoms with Gasteiger partial charge in [0.1, 0.15) is 0 Å². The van der Waals surface area contributed by atoms with Gasteiger partial charge in [-0.2, -0.15) is 0 Å². The lowest BCUT2D eigenvalue weighted by Crippen LogP contribution is -2.31. The van der Waals surface area contributed by atoms with Crippen molar-refractivity contribution in [1.29, 1.82) is 0 Å². The zero-order valence-corrected chi connectivity index (χ0v) is 13.7. The molecule has 1 aliphatic heterocycles. The summed E-state index contributed by atoms with van der Waals surface area (Å²) < 4.78 is 11.4. The Morgan fingerprint density at radius 2 is 2.04 bits per heavy atom.